The van der Waals surface area contributed by atoms with Gasteiger partial charge in [0.2, 0.25) is 5.88 Å². The number of ether oxygens (including phenoxy) is 1. The van der Waals surface area contributed by atoms with Gasteiger partial charge in [-0.15, -0.1) is 0 Å². The minimum absolute atomic E-state index is 0.350. The molecule has 1 N–H and O–H groups in total. The summed E-state index contributed by atoms with van der Waals surface area (Å²) in [7, 11) is 0. The van der Waals surface area contributed by atoms with E-state index in [1.54, 1.807) is 4.57 Å². The third-order valence-electron chi connectivity index (χ3n) is 5.17. The summed E-state index contributed by atoms with van der Waals surface area (Å²) in [6.45, 7) is 6.53. The fraction of sp³-hybridized carbons (Fsp3) is 0.524. The van der Waals surface area contributed by atoms with E-state index >= 15 is 0 Å². The second-order valence-electron chi connectivity index (χ2n) is 7.44. The van der Waals surface area contributed by atoms with Crippen LogP contribution in [0.1, 0.15) is 55.7 Å². The van der Waals surface area contributed by atoms with Gasteiger partial charge in [0.15, 0.2) is 0 Å². The number of aromatic amines is 1. The largest absolute Gasteiger partial charge is 0.440 e. The van der Waals surface area contributed by atoms with Crippen LogP contribution in [0.15, 0.2) is 27.8 Å². The van der Waals surface area contributed by atoms with Crippen molar-refractivity contribution in [2.75, 3.05) is 0 Å². The molecule has 1 saturated carbocycles. The van der Waals surface area contributed by atoms with Crippen molar-refractivity contribution in [2.24, 2.45) is 5.92 Å². The van der Waals surface area contributed by atoms with E-state index in [0.29, 0.717) is 36.1 Å². The first-order chi connectivity index (χ1) is 12.5. The molecule has 2 aromatic rings. The summed E-state index contributed by atoms with van der Waals surface area (Å²) >= 11 is 0. The number of nitrogens with zero attached hydrogens (tertiary/aromatic N) is 1. The van der Waals surface area contributed by atoms with Crippen LogP contribution in [0, 0.1) is 19.8 Å². The van der Waals surface area contributed by atoms with Crippen molar-refractivity contribution < 1.29 is 4.74 Å². The molecule has 0 aliphatic heterocycles. The van der Waals surface area contributed by atoms with Crippen molar-refractivity contribution in [3.8, 4) is 11.6 Å². The molecule has 1 aromatic carbocycles. The highest BCUT2D eigenvalue weighted by atomic mass is 16.5. The average Bonchev–Trinajstić information content (AvgIpc) is 2.58. The lowest BCUT2D eigenvalue weighted by molar-refractivity contribution is 0.295. The number of aryl methyl sites for hydroxylation is 2. The Morgan fingerprint density at radius 1 is 1.08 bits per heavy atom. The molecular formula is C21H28N2O3. The maximum Gasteiger partial charge on any atom is 0.331 e. The normalized spacial score (nSPS) is 15.2. The zero-order valence-electron chi connectivity index (χ0n) is 15.9. The second-order valence-corrected chi connectivity index (χ2v) is 7.44. The topological polar surface area (TPSA) is 64.1 Å². The number of nitrogens with one attached hydrogen (secondary N) is 1. The molecule has 1 aromatic heterocycles. The lowest BCUT2D eigenvalue weighted by Crippen LogP contribution is -2.35. The summed E-state index contributed by atoms with van der Waals surface area (Å²) < 4.78 is 7.77. The second kappa shape index (κ2) is 7.94. The van der Waals surface area contributed by atoms with E-state index in [2.05, 4.69) is 11.1 Å². The van der Waals surface area contributed by atoms with E-state index in [-0.39, 0.29) is 11.2 Å². The van der Waals surface area contributed by atoms with Crippen molar-refractivity contribution >= 4 is 0 Å². The molecule has 0 bridgehead atoms. The van der Waals surface area contributed by atoms with E-state index in [1.807, 2.05) is 32.9 Å². The highest BCUT2D eigenvalue weighted by molar-refractivity contribution is 5.37. The zero-order chi connectivity index (χ0) is 18.7. The standard InChI is InChI=1S/C21H28N2O3/c1-4-18-19(24)22-21(25)23(13-16-8-6-5-7-9-16)20(18)26-17-11-14(2)10-15(3)12-17/h10-12,16H,4-9,13H2,1-3H3,(H,22,24,25). The monoisotopic (exact) mass is 356 g/mol. The van der Waals surface area contributed by atoms with Gasteiger partial charge < -0.3 is 4.74 Å². The highest BCUT2D eigenvalue weighted by Crippen LogP contribution is 2.29. The summed E-state index contributed by atoms with van der Waals surface area (Å²) in [5.74, 6) is 1.52. The molecule has 0 saturated heterocycles. The van der Waals surface area contributed by atoms with Crippen molar-refractivity contribution in [2.45, 2.75) is 65.8 Å². The molecule has 0 unspecified atom stereocenters. The smallest absolute Gasteiger partial charge is 0.331 e. The van der Waals surface area contributed by atoms with Gasteiger partial charge in [0.05, 0.1) is 5.56 Å². The van der Waals surface area contributed by atoms with E-state index in [1.165, 1.54) is 19.3 Å². The van der Waals surface area contributed by atoms with Crippen LogP contribution >= 0.6 is 0 Å². The zero-order valence-corrected chi connectivity index (χ0v) is 15.9. The molecule has 1 heterocycles. The summed E-state index contributed by atoms with van der Waals surface area (Å²) in [5.41, 5.74) is 1.97. The van der Waals surface area contributed by atoms with E-state index < -0.39 is 0 Å². The van der Waals surface area contributed by atoms with Gasteiger partial charge in [0, 0.05) is 6.54 Å². The molecule has 26 heavy (non-hydrogen) atoms. The van der Waals surface area contributed by atoms with Crippen LogP contribution in [0.2, 0.25) is 0 Å². The van der Waals surface area contributed by atoms with Gasteiger partial charge in [0.1, 0.15) is 5.75 Å². The van der Waals surface area contributed by atoms with Crippen molar-refractivity contribution in [1.82, 2.24) is 9.55 Å². The summed E-state index contributed by atoms with van der Waals surface area (Å²) in [4.78, 5) is 27.3. The molecule has 3 rings (SSSR count). The first kappa shape index (κ1) is 18.5. The van der Waals surface area contributed by atoms with Gasteiger partial charge in [-0.05, 0) is 62.3 Å². The van der Waals surface area contributed by atoms with Gasteiger partial charge in [-0.1, -0.05) is 32.3 Å². The number of rotatable bonds is 5. The van der Waals surface area contributed by atoms with Crippen LogP contribution in [-0.2, 0) is 13.0 Å². The first-order valence-electron chi connectivity index (χ1n) is 9.60. The molecule has 1 aliphatic carbocycles. The Balaban J connectivity index is 2.04. The Morgan fingerprint density at radius 3 is 2.35 bits per heavy atom. The van der Waals surface area contributed by atoms with E-state index in [9.17, 15) is 9.59 Å². The molecule has 0 amide bonds. The number of benzene rings is 1. The van der Waals surface area contributed by atoms with Gasteiger partial charge in [-0.25, -0.2) is 4.79 Å². The molecule has 0 atom stereocenters. The minimum atomic E-state index is -0.378. The Kier molecular flexibility index (Phi) is 5.64. The van der Waals surface area contributed by atoms with Crippen molar-refractivity contribution in [3.05, 3.63) is 55.7 Å². The number of aromatic nitrogens is 2. The van der Waals surface area contributed by atoms with Crippen LogP contribution in [0.4, 0.5) is 0 Å². The first-order valence-corrected chi connectivity index (χ1v) is 9.60. The molecule has 0 radical (unpaired) electrons. The Hall–Kier alpha value is -2.30. The Bertz CT molecular complexity index is 869. The predicted octanol–water partition coefficient (Wildman–Crippen LogP) is 4.09. The average molecular weight is 356 g/mol. The van der Waals surface area contributed by atoms with Crippen LogP contribution in [-0.4, -0.2) is 9.55 Å². The van der Waals surface area contributed by atoms with Gasteiger partial charge >= 0.3 is 5.69 Å². The van der Waals surface area contributed by atoms with Gasteiger partial charge in [-0.2, -0.15) is 0 Å². The van der Waals surface area contributed by atoms with Gasteiger partial charge in [0.25, 0.3) is 5.56 Å². The number of hydrogen-bond donors (Lipinski definition) is 1. The molecule has 1 fully saturated rings. The minimum Gasteiger partial charge on any atom is -0.440 e. The maximum atomic E-state index is 12.6. The molecule has 5 nitrogen and oxygen atoms in total. The highest BCUT2D eigenvalue weighted by Gasteiger charge is 2.21. The van der Waals surface area contributed by atoms with E-state index in [0.717, 1.165) is 24.0 Å². The summed E-state index contributed by atoms with van der Waals surface area (Å²) in [5, 5.41) is 0. The van der Waals surface area contributed by atoms with Crippen LogP contribution in [0.25, 0.3) is 0 Å². The number of H-pyrrole nitrogens is 1. The van der Waals surface area contributed by atoms with Crippen molar-refractivity contribution in [3.63, 3.8) is 0 Å². The molecule has 0 spiro atoms. The lowest BCUT2D eigenvalue weighted by Gasteiger charge is -2.24. The molecule has 1 aliphatic rings. The van der Waals surface area contributed by atoms with Crippen LogP contribution < -0.4 is 16.0 Å². The maximum absolute atomic E-state index is 12.6. The Morgan fingerprint density at radius 2 is 1.73 bits per heavy atom. The number of hydrogen-bond acceptors (Lipinski definition) is 3. The van der Waals surface area contributed by atoms with E-state index in [4.69, 9.17) is 4.74 Å². The third kappa shape index (κ3) is 4.09. The summed E-state index contributed by atoms with van der Waals surface area (Å²) in [6, 6.07) is 5.94. The summed E-state index contributed by atoms with van der Waals surface area (Å²) in [6.07, 6.45) is 6.43. The van der Waals surface area contributed by atoms with Gasteiger partial charge in [-0.3, -0.25) is 14.3 Å². The molecule has 5 heteroatoms. The SMILES string of the molecule is CCc1c(Oc2cc(C)cc(C)c2)n(CC2CCCCC2)c(=O)[nH]c1=O. The van der Waals surface area contributed by atoms with Crippen molar-refractivity contribution in [1.29, 1.82) is 0 Å². The quantitative estimate of drug-likeness (QED) is 0.877. The lowest BCUT2D eigenvalue weighted by atomic mass is 9.89. The fourth-order valence-electron chi connectivity index (χ4n) is 3.92. The van der Waals surface area contributed by atoms with Crippen LogP contribution in [0.5, 0.6) is 11.6 Å². The fourth-order valence-corrected chi connectivity index (χ4v) is 3.92. The third-order valence-corrected chi connectivity index (χ3v) is 5.17. The Labute approximate surface area is 154 Å². The van der Waals surface area contributed by atoms with Crippen LogP contribution in [0.3, 0.4) is 0 Å². The predicted molar refractivity (Wildman–Crippen MR) is 103 cm³/mol. The molecular weight excluding hydrogens is 328 g/mol. The molecule has 140 valence electrons.